The first-order valence-electron chi connectivity index (χ1n) is 31.9. The van der Waals surface area contributed by atoms with Crippen LogP contribution < -0.4 is 5.46 Å². The molecule has 1 aliphatic rings. The monoisotopic (exact) mass is 1310 g/mol. The smallest absolute Gasteiger partial charge is 0.399 e. The Kier molecular flexibility index (Phi) is 18.1. The fourth-order valence-corrected chi connectivity index (χ4v) is 15.0. The molecule has 12 heteroatoms. The molecule has 0 N–H and O–H groups in total. The summed E-state index contributed by atoms with van der Waals surface area (Å²) in [4.78, 5) is 27.7. The summed E-state index contributed by atoms with van der Waals surface area (Å²) >= 11 is 9.63. The second kappa shape index (κ2) is 27.6. The van der Waals surface area contributed by atoms with Gasteiger partial charge in [-0.05, 0) is 95.3 Å². The molecule has 0 atom stereocenters. The van der Waals surface area contributed by atoms with Crippen molar-refractivity contribution in [3.63, 3.8) is 0 Å². The van der Waals surface area contributed by atoms with Gasteiger partial charge < -0.3 is 9.31 Å². The van der Waals surface area contributed by atoms with Crippen molar-refractivity contribution in [2.75, 3.05) is 0 Å². The Morgan fingerprint density at radius 3 is 0.907 bits per heavy atom. The van der Waals surface area contributed by atoms with E-state index in [2.05, 4.69) is 225 Å². The van der Waals surface area contributed by atoms with Crippen LogP contribution in [-0.2, 0) is 9.31 Å². The third-order valence-corrected chi connectivity index (χ3v) is 20.6. The first kappa shape index (κ1) is 63.8. The highest BCUT2D eigenvalue weighted by Gasteiger charge is 2.52. The lowest BCUT2D eigenvalue weighted by atomic mass is 9.78. The molecule has 1 saturated heterocycles. The molecule has 4 aromatic heterocycles. The van der Waals surface area contributed by atoms with E-state index >= 15 is 0 Å². The minimum Gasteiger partial charge on any atom is -0.399 e. The van der Waals surface area contributed by atoms with E-state index in [4.69, 9.17) is 35.9 Å². The molecule has 0 radical (unpaired) electrons. The van der Waals surface area contributed by atoms with Gasteiger partial charge in [-0.2, -0.15) is 9.97 Å². The highest BCUT2D eigenvalue weighted by atomic mass is 35.5. The third-order valence-electron chi connectivity index (χ3n) is 17.8. The highest BCUT2D eigenvalue weighted by molar-refractivity contribution is 7.27. The van der Waals surface area contributed by atoms with E-state index in [-0.39, 0.29) is 31.0 Å². The van der Waals surface area contributed by atoms with Crippen LogP contribution in [0.4, 0.5) is 0 Å². The summed E-state index contributed by atoms with van der Waals surface area (Å²) in [5.41, 5.74) is 15.0. The van der Waals surface area contributed by atoms with E-state index < -0.39 is 0 Å². The summed E-state index contributed by atoms with van der Waals surface area (Å²) in [7, 11) is -0.365. The number of benzene rings is 12. The molecule has 8 nitrogen and oxygen atoms in total. The quantitative estimate of drug-likeness (QED) is 0.125. The van der Waals surface area contributed by atoms with Crippen molar-refractivity contribution in [3.8, 4) is 101 Å². The van der Waals surface area contributed by atoms with E-state index in [0.717, 1.165) is 33.3 Å². The molecule has 470 valence electrons. The fraction of sp³-hybridized carbons (Fsp3) is 0.0824. The lowest BCUT2D eigenvalue weighted by molar-refractivity contribution is 0.00578. The zero-order chi connectivity index (χ0) is 65.2. The van der Waals surface area contributed by atoms with Gasteiger partial charge in [0, 0.05) is 68.2 Å². The van der Waals surface area contributed by atoms with Crippen LogP contribution in [0.1, 0.15) is 35.1 Å². The topological polar surface area (TPSA) is 95.8 Å². The molecule has 12 aromatic carbocycles. The molecule has 1 fully saturated rings. The highest BCUT2D eigenvalue weighted by Crippen LogP contribution is 2.45. The Morgan fingerprint density at radius 2 is 0.536 bits per heavy atom. The van der Waals surface area contributed by atoms with Gasteiger partial charge in [0.1, 0.15) is 0 Å². The molecule has 5 heterocycles. The van der Waals surface area contributed by atoms with Crippen LogP contribution in [0.3, 0.4) is 0 Å². The number of thiophene rings is 2. The normalized spacial score (nSPS) is 13.0. The second-order valence-electron chi connectivity index (χ2n) is 24.5. The predicted octanol–water partition coefficient (Wildman–Crippen LogP) is 22.8. The van der Waals surface area contributed by atoms with Gasteiger partial charge in [0.25, 0.3) is 0 Å². The van der Waals surface area contributed by atoms with Gasteiger partial charge in [-0.15, -0.1) is 22.7 Å². The third kappa shape index (κ3) is 13.2. The number of halogens is 1. The van der Waals surface area contributed by atoms with Crippen LogP contribution in [0.5, 0.6) is 0 Å². The molecule has 0 unspecified atom stereocenters. The molecular formula is C85H66BClN6O2S2. The van der Waals surface area contributed by atoms with Gasteiger partial charge in [-0.1, -0.05) is 305 Å². The predicted molar refractivity (Wildman–Crippen MR) is 408 cm³/mol. The van der Waals surface area contributed by atoms with Crippen LogP contribution in [0.25, 0.3) is 142 Å². The minimum absolute atomic E-state index is 0. The van der Waals surface area contributed by atoms with Crippen LogP contribution in [0, 0.1) is 0 Å². The van der Waals surface area contributed by atoms with Gasteiger partial charge >= 0.3 is 7.12 Å². The van der Waals surface area contributed by atoms with Crippen molar-refractivity contribution in [3.05, 3.63) is 309 Å². The second-order valence-corrected chi connectivity index (χ2v) is 26.9. The Morgan fingerprint density at radius 1 is 0.268 bits per heavy atom. The summed E-state index contributed by atoms with van der Waals surface area (Å²) in [6.45, 7) is 8.43. The standard InChI is InChI=1S/C39H25N3S.C30H27BO2S.C15H10ClN3.CH4/c1-4-12-26(13-5-1)27-22-24-28(25-23-27)31-18-10-19-32-33-20-11-21-34(36(33)43-35(31)32)39-41-37(29-14-6-2-7-15-29)40-38(42-39)30-16-8-3-9-17-30;1-29(2)30(3,4)33-31(32-29)26-15-9-14-25-24-13-8-12-23(27(24)34-28(25)26)22-18-16-21(17-19-22)20-10-6-5-7-11-20;16-15-18-13(11-7-3-1-4-8-11)17-14(19-15)12-9-5-2-6-10-12;/h1-25H;5-19H,1-4H3;1-10H;1H4. The summed E-state index contributed by atoms with van der Waals surface area (Å²) in [5, 5.41) is 5.20. The molecule has 0 amide bonds. The minimum atomic E-state index is -0.365. The Balaban J connectivity index is 0.000000133. The van der Waals surface area contributed by atoms with E-state index in [9.17, 15) is 0 Å². The Labute approximate surface area is 578 Å². The van der Waals surface area contributed by atoms with Gasteiger partial charge in [0.15, 0.2) is 29.1 Å². The molecule has 0 bridgehead atoms. The number of hydrogen-bond donors (Lipinski definition) is 0. The zero-order valence-corrected chi connectivity index (χ0v) is 55.5. The average molecular weight is 1310 g/mol. The maximum atomic E-state index is 6.41. The SMILES string of the molecule is C.CC1(C)OB(c2cccc3c2sc2c(-c4ccc(-c5ccccc5)cc4)cccc23)OC1(C)C.Clc1nc(-c2ccccc2)nc(-c2ccccc2)n1.c1ccc(-c2ccc(-c3cccc4c3sc3c(-c5nc(-c6ccccc6)nc(-c6ccccc6)n5)cccc34)cc2)cc1. The van der Waals surface area contributed by atoms with Crippen molar-refractivity contribution < 1.29 is 9.31 Å². The van der Waals surface area contributed by atoms with Crippen LogP contribution in [-0.4, -0.2) is 48.2 Å². The summed E-state index contributed by atoms with van der Waals surface area (Å²) in [6.07, 6.45) is 0. The molecule has 17 rings (SSSR count). The number of aromatic nitrogens is 6. The maximum absolute atomic E-state index is 6.41. The molecule has 0 saturated carbocycles. The van der Waals surface area contributed by atoms with Gasteiger partial charge in [-0.25, -0.2) is 19.9 Å². The van der Waals surface area contributed by atoms with Crippen molar-refractivity contribution >= 4 is 87.2 Å². The maximum Gasteiger partial charge on any atom is 0.496 e. The lowest BCUT2D eigenvalue weighted by Gasteiger charge is -2.32. The fourth-order valence-electron chi connectivity index (χ4n) is 12.1. The lowest BCUT2D eigenvalue weighted by Crippen LogP contribution is -2.41. The van der Waals surface area contributed by atoms with Crippen LogP contribution >= 0.6 is 34.3 Å². The zero-order valence-electron chi connectivity index (χ0n) is 53.1. The van der Waals surface area contributed by atoms with Crippen LogP contribution in [0.2, 0.25) is 5.28 Å². The molecule has 0 aliphatic carbocycles. The van der Waals surface area contributed by atoms with E-state index in [1.54, 1.807) is 0 Å². The molecular weight excluding hydrogens is 1250 g/mol. The summed E-state index contributed by atoms with van der Waals surface area (Å²) in [6, 6.07) is 105. The molecule has 0 spiro atoms. The van der Waals surface area contributed by atoms with E-state index in [1.807, 2.05) is 144 Å². The number of fused-ring (bicyclic) bond motifs is 6. The van der Waals surface area contributed by atoms with Gasteiger partial charge in [0.2, 0.25) is 5.28 Å². The average Bonchev–Trinajstić information content (AvgIpc) is 1.61. The first-order valence-corrected chi connectivity index (χ1v) is 34.0. The van der Waals surface area contributed by atoms with Crippen molar-refractivity contribution in [2.24, 2.45) is 0 Å². The summed E-state index contributed by atoms with van der Waals surface area (Å²) < 4.78 is 17.8. The number of nitrogens with zero attached hydrogens (tertiary/aromatic N) is 6. The molecule has 97 heavy (non-hydrogen) atoms. The van der Waals surface area contributed by atoms with Crippen molar-refractivity contribution in [1.29, 1.82) is 0 Å². The number of rotatable bonds is 10. The molecule has 1 aliphatic heterocycles. The van der Waals surface area contributed by atoms with E-state index in [0.29, 0.717) is 29.1 Å². The van der Waals surface area contributed by atoms with Gasteiger partial charge in [0.05, 0.1) is 11.2 Å². The van der Waals surface area contributed by atoms with Crippen LogP contribution in [0.15, 0.2) is 303 Å². The Bertz CT molecular complexity index is 5280. The van der Waals surface area contributed by atoms with E-state index in [1.165, 1.54) is 84.9 Å². The first-order chi connectivity index (χ1) is 47.0. The van der Waals surface area contributed by atoms with Crippen molar-refractivity contribution in [2.45, 2.75) is 46.3 Å². The summed E-state index contributed by atoms with van der Waals surface area (Å²) in [5.74, 6) is 3.18. The largest absolute Gasteiger partial charge is 0.496 e. The molecule has 16 aromatic rings. The van der Waals surface area contributed by atoms with Gasteiger partial charge in [-0.3, -0.25) is 0 Å². The Hall–Kier alpha value is -10.6. The van der Waals surface area contributed by atoms with Crippen molar-refractivity contribution in [1.82, 2.24) is 29.9 Å². The number of hydrogen-bond acceptors (Lipinski definition) is 10.